The molecule has 0 aliphatic carbocycles. The maximum absolute atomic E-state index is 5.55. The van der Waals surface area contributed by atoms with Crippen LogP contribution in [0.15, 0.2) is 27.8 Å². The molecule has 0 atom stereocenters. The third-order valence-corrected chi connectivity index (χ3v) is 3.51. The Kier molecular flexibility index (Phi) is 11.0. The molecule has 6 nitrogen and oxygen atoms in total. The maximum atomic E-state index is 5.55. The standard InChI is InChI=1S/C17H32N4O2/c1-4-11-21(5-2)12-10-20-17(18-3)19-9-7-13-22-15-16-8-6-14-23-16/h6,8,14H,4-5,7,9-13,15H2,1-3H3,(H2,18,19,20). The average Bonchev–Trinajstić information content (AvgIpc) is 3.08. The first-order valence-corrected chi connectivity index (χ1v) is 8.57. The number of furan rings is 1. The first kappa shape index (κ1) is 19.5. The number of ether oxygens (including phenoxy) is 1. The lowest BCUT2D eigenvalue weighted by atomic mass is 10.4. The van der Waals surface area contributed by atoms with Crippen molar-refractivity contribution in [2.24, 2.45) is 4.99 Å². The first-order valence-electron chi connectivity index (χ1n) is 8.57. The molecule has 23 heavy (non-hydrogen) atoms. The first-order chi connectivity index (χ1) is 11.3. The minimum atomic E-state index is 0.532. The molecule has 1 aromatic rings. The largest absolute Gasteiger partial charge is 0.467 e. The van der Waals surface area contributed by atoms with Gasteiger partial charge >= 0.3 is 0 Å². The molecule has 132 valence electrons. The van der Waals surface area contributed by atoms with Crippen molar-refractivity contribution in [2.75, 3.05) is 46.4 Å². The highest BCUT2D eigenvalue weighted by molar-refractivity contribution is 5.79. The molecule has 6 heteroatoms. The Balaban J connectivity index is 2.02. The summed E-state index contributed by atoms with van der Waals surface area (Å²) in [6.07, 6.45) is 3.78. The molecule has 0 bridgehead atoms. The van der Waals surface area contributed by atoms with Crippen molar-refractivity contribution in [3.8, 4) is 0 Å². The van der Waals surface area contributed by atoms with Gasteiger partial charge in [-0.15, -0.1) is 0 Å². The van der Waals surface area contributed by atoms with E-state index in [2.05, 4.69) is 34.4 Å². The van der Waals surface area contributed by atoms with Gasteiger partial charge in [0.05, 0.1) is 6.26 Å². The number of rotatable bonds is 12. The van der Waals surface area contributed by atoms with Gasteiger partial charge in [0.1, 0.15) is 12.4 Å². The Hall–Kier alpha value is -1.53. The molecular weight excluding hydrogens is 292 g/mol. The Morgan fingerprint density at radius 3 is 2.74 bits per heavy atom. The molecule has 0 saturated heterocycles. The van der Waals surface area contributed by atoms with Crippen molar-refractivity contribution < 1.29 is 9.15 Å². The molecule has 1 rings (SSSR count). The summed E-state index contributed by atoms with van der Waals surface area (Å²) in [5.41, 5.74) is 0. The van der Waals surface area contributed by atoms with E-state index in [0.29, 0.717) is 13.2 Å². The topological polar surface area (TPSA) is 62.0 Å². The predicted molar refractivity (Wildman–Crippen MR) is 94.8 cm³/mol. The van der Waals surface area contributed by atoms with E-state index >= 15 is 0 Å². The number of nitrogens with zero attached hydrogens (tertiary/aromatic N) is 2. The summed E-state index contributed by atoms with van der Waals surface area (Å²) in [5.74, 6) is 1.71. The second-order valence-corrected chi connectivity index (χ2v) is 5.35. The maximum Gasteiger partial charge on any atom is 0.191 e. The van der Waals surface area contributed by atoms with Gasteiger partial charge < -0.3 is 24.7 Å². The van der Waals surface area contributed by atoms with Crippen LogP contribution in [0.2, 0.25) is 0 Å². The summed E-state index contributed by atoms with van der Waals surface area (Å²) in [6, 6.07) is 3.79. The predicted octanol–water partition coefficient (Wildman–Crippen LogP) is 2.08. The summed E-state index contributed by atoms with van der Waals surface area (Å²) in [5, 5.41) is 6.65. The van der Waals surface area contributed by atoms with E-state index in [9.17, 15) is 0 Å². The van der Waals surface area contributed by atoms with Crippen molar-refractivity contribution in [3.63, 3.8) is 0 Å². The fraction of sp³-hybridized carbons (Fsp3) is 0.706. The van der Waals surface area contributed by atoms with E-state index in [1.165, 1.54) is 6.42 Å². The highest BCUT2D eigenvalue weighted by atomic mass is 16.5. The highest BCUT2D eigenvalue weighted by Gasteiger charge is 2.02. The van der Waals surface area contributed by atoms with Gasteiger partial charge in [0, 0.05) is 33.3 Å². The van der Waals surface area contributed by atoms with Crippen LogP contribution in [0, 0.1) is 0 Å². The normalized spacial score (nSPS) is 11.9. The molecule has 0 amide bonds. The molecule has 0 fully saturated rings. The summed E-state index contributed by atoms with van der Waals surface area (Å²) in [4.78, 5) is 6.67. The quantitative estimate of drug-likeness (QED) is 0.350. The van der Waals surface area contributed by atoms with Crippen LogP contribution in [0.25, 0.3) is 0 Å². The van der Waals surface area contributed by atoms with Gasteiger partial charge in [0.25, 0.3) is 0 Å². The molecule has 0 radical (unpaired) electrons. The van der Waals surface area contributed by atoms with Crippen molar-refractivity contribution >= 4 is 5.96 Å². The second kappa shape index (κ2) is 13.0. The highest BCUT2D eigenvalue weighted by Crippen LogP contribution is 2.01. The van der Waals surface area contributed by atoms with Gasteiger partial charge in [-0.2, -0.15) is 0 Å². The van der Waals surface area contributed by atoms with Gasteiger partial charge in [-0.3, -0.25) is 4.99 Å². The molecule has 0 spiro atoms. The molecule has 0 saturated carbocycles. The zero-order valence-corrected chi connectivity index (χ0v) is 14.8. The van der Waals surface area contributed by atoms with Crippen molar-refractivity contribution in [1.29, 1.82) is 0 Å². The molecule has 0 aromatic carbocycles. The summed E-state index contributed by atoms with van der Waals surface area (Å²) < 4.78 is 10.8. The molecule has 0 unspecified atom stereocenters. The van der Waals surface area contributed by atoms with Crippen LogP contribution in [-0.4, -0.2) is 57.2 Å². The van der Waals surface area contributed by atoms with Crippen molar-refractivity contribution in [1.82, 2.24) is 15.5 Å². The number of nitrogens with one attached hydrogen (secondary N) is 2. The van der Waals surface area contributed by atoms with Gasteiger partial charge in [-0.05, 0) is 38.1 Å². The smallest absolute Gasteiger partial charge is 0.191 e. The monoisotopic (exact) mass is 324 g/mol. The van der Waals surface area contributed by atoms with E-state index in [0.717, 1.165) is 50.9 Å². The van der Waals surface area contributed by atoms with E-state index in [4.69, 9.17) is 9.15 Å². The SMILES string of the molecule is CCCN(CC)CCNC(=NC)NCCCOCc1ccco1. The summed E-state index contributed by atoms with van der Waals surface area (Å²) in [6.45, 7) is 10.7. The Morgan fingerprint density at radius 2 is 2.09 bits per heavy atom. The lowest BCUT2D eigenvalue weighted by molar-refractivity contribution is 0.105. The molecule has 2 N–H and O–H groups in total. The molecule has 0 aliphatic heterocycles. The van der Waals surface area contributed by atoms with Crippen molar-refractivity contribution in [2.45, 2.75) is 33.3 Å². The van der Waals surface area contributed by atoms with Crippen LogP contribution < -0.4 is 10.6 Å². The van der Waals surface area contributed by atoms with Crippen LogP contribution in [-0.2, 0) is 11.3 Å². The number of guanidine groups is 1. The Morgan fingerprint density at radius 1 is 1.26 bits per heavy atom. The van der Waals surface area contributed by atoms with Crippen molar-refractivity contribution in [3.05, 3.63) is 24.2 Å². The van der Waals surface area contributed by atoms with Crippen LogP contribution in [0.3, 0.4) is 0 Å². The van der Waals surface area contributed by atoms with Gasteiger partial charge in [0.2, 0.25) is 0 Å². The third kappa shape index (κ3) is 9.25. The second-order valence-electron chi connectivity index (χ2n) is 5.35. The van der Waals surface area contributed by atoms with Gasteiger partial charge in [-0.1, -0.05) is 13.8 Å². The van der Waals surface area contributed by atoms with Crippen LogP contribution in [0.4, 0.5) is 0 Å². The van der Waals surface area contributed by atoms with Crippen LogP contribution >= 0.6 is 0 Å². The molecule has 1 heterocycles. The number of hydrogen-bond donors (Lipinski definition) is 2. The van der Waals surface area contributed by atoms with E-state index in [-0.39, 0.29) is 0 Å². The van der Waals surface area contributed by atoms with E-state index in [1.54, 1.807) is 13.3 Å². The third-order valence-electron chi connectivity index (χ3n) is 3.51. The Bertz CT molecular complexity index is 407. The molecule has 1 aromatic heterocycles. The van der Waals surface area contributed by atoms with Gasteiger partial charge in [0.15, 0.2) is 5.96 Å². The minimum Gasteiger partial charge on any atom is -0.467 e. The lowest BCUT2D eigenvalue weighted by Gasteiger charge is -2.20. The fourth-order valence-electron chi connectivity index (χ4n) is 2.25. The summed E-state index contributed by atoms with van der Waals surface area (Å²) >= 11 is 0. The van der Waals surface area contributed by atoms with Crippen LogP contribution in [0.5, 0.6) is 0 Å². The molecule has 0 aliphatic rings. The number of aliphatic imine (C=N–C) groups is 1. The number of hydrogen-bond acceptors (Lipinski definition) is 4. The average molecular weight is 324 g/mol. The zero-order chi connectivity index (χ0) is 16.8. The Labute approximate surface area is 140 Å². The zero-order valence-electron chi connectivity index (χ0n) is 14.8. The van der Waals surface area contributed by atoms with Crippen LogP contribution in [0.1, 0.15) is 32.4 Å². The lowest BCUT2D eigenvalue weighted by Crippen LogP contribution is -2.42. The minimum absolute atomic E-state index is 0.532. The van der Waals surface area contributed by atoms with Gasteiger partial charge in [-0.25, -0.2) is 0 Å². The van der Waals surface area contributed by atoms with E-state index in [1.807, 2.05) is 12.1 Å². The van der Waals surface area contributed by atoms with E-state index < -0.39 is 0 Å². The summed E-state index contributed by atoms with van der Waals surface area (Å²) in [7, 11) is 1.80. The molecular formula is C17H32N4O2. The fourth-order valence-corrected chi connectivity index (χ4v) is 2.25. The number of likely N-dealkylation sites (N-methyl/N-ethyl adjacent to an activating group) is 1.